The summed E-state index contributed by atoms with van der Waals surface area (Å²) in [4.78, 5) is 8.25. The first-order chi connectivity index (χ1) is 8.29. The lowest BCUT2D eigenvalue weighted by molar-refractivity contribution is 0.947. The van der Waals surface area contributed by atoms with Gasteiger partial charge in [0.05, 0.1) is 18.2 Å². The van der Waals surface area contributed by atoms with Crippen molar-refractivity contribution in [2.24, 2.45) is 0 Å². The van der Waals surface area contributed by atoms with E-state index in [0.717, 1.165) is 17.1 Å². The third-order valence-electron chi connectivity index (χ3n) is 2.42. The highest BCUT2D eigenvalue weighted by molar-refractivity contribution is 5.55. The number of hydrogen-bond acceptors (Lipinski definition) is 4. The third kappa shape index (κ3) is 2.79. The van der Waals surface area contributed by atoms with E-state index in [1.165, 1.54) is 0 Å². The van der Waals surface area contributed by atoms with E-state index in [4.69, 9.17) is 5.26 Å². The summed E-state index contributed by atoms with van der Waals surface area (Å²) in [6.07, 6.45) is 3.42. The number of aryl methyl sites for hydroxylation is 1. The van der Waals surface area contributed by atoms with E-state index in [2.05, 4.69) is 21.4 Å². The fourth-order valence-electron chi connectivity index (χ4n) is 1.48. The van der Waals surface area contributed by atoms with E-state index in [0.29, 0.717) is 12.1 Å². The van der Waals surface area contributed by atoms with Crippen LogP contribution in [-0.4, -0.2) is 9.97 Å². The number of rotatable bonds is 3. The second kappa shape index (κ2) is 5.08. The molecule has 4 nitrogen and oxygen atoms in total. The van der Waals surface area contributed by atoms with Gasteiger partial charge in [0.2, 0.25) is 0 Å². The molecule has 0 aliphatic rings. The van der Waals surface area contributed by atoms with Crippen molar-refractivity contribution in [2.75, 3.05) is 5.32 Å². The average molecular weight is 224 g/mol. The van der Waals surface area contributed by atoms with E-state index < -0.39 is 0 Å². The smallest absolute Gasteiger partial charge is 0.147 e. The molecule has 0 saturated heterocycles. The number of benzene rings is 1. The van der Waals surface area contributed by atoms with Crippen molar-refractivity contribution in [3.8, 4) is 6.07 Å². The third-order valence-corrected chi connectivity index (χ3v) is 2.42. The lowest BCUT2D eigenvalue weighted by Crippen LogP contribution is -2.04. The van der Waals surface area contributed by atoms with E-state index in [-0.39, 0.29) is 0 Å². The van der Waals surface area contributed by atoms with Crippen LogP contribution in [-0.2, 0) is 6.54 Å². The van der Waals surface area contributed by atoms with Crippen molar-refractivity contribution in [1.82, 2.24) is 9.97 Å². The highest BCUT2D eigenvalue weighted by Crippen LogP contribution is 2.16. The van der Waals surface area contributed by atoms with E-state index in [9.17, 15) is 0 Å². The molecule has 0 bridgehead atoms. The number of nitrogens with zero attached hydrogens (tertiary/aromatic N) is 3. The summed E-state index contributed by atoms with van der Waals surface area (Å²) in [5.41, 5.74) is 2.68. The molecule has 1 aromatic carbocycles. The maximum absolute atomic E-state index is 8.84. The number of nitriles is 1. The molecule has 1 N–H and O–H groups in total. The summed E-state index contributed by atoms with van der Waals surface area (Å²) in [7, 11) is 0. The minimum absolute atomic E-state index is 0.552. The Hall–Kier alpha value is -2.41. The lowest BCUT2D eigenvalue weighted by atomic mass is 10.1. The van der Waals surface area contributed by atoms with Crippen LogP contribution in [0.25, 0.3) is 0 Å². The molecule has 1 heterocycles. The first-order valence-corrected chi connectivity index (χ1v) is 5.30. The van der Waals surface area contributed by atoms with Gasteiger partial charge in [-0.15, -0.1) is 0 Å². The Morgan fingerprint density at radius 2 is 2.06 bits per heavy atom. The van der Waals surface area contributed by atoms with Crippen LogP contribution >= 0.6 is 0 Å². The number of anilines is 1. The maximum atomic E-state index is 8.84. The molecule has 84 valence electrons. The van der Waals surface area contributed by atoms with E-state index in [1.807, 2.05) is 19.1 Å². The number of aromatic nitrogens is 2. The largest absolute Gasteiger partial charge is 0.377 e. The quantitative estimate of drug-likeness (QED) is 0.868. The Morgan fingerprint density at radius 3 is 2.76 bits per heavy atom. The van der Waals surface area contributed by atoms with E-state index in [1.54, 1.807) is 24.5 Å². The zero-order valence-corrected chi connectivity index (χ0v) is 9.51. The van der Waals surface area contributed by atoms with Crippen molar-refractivity contribution in [3.05, 3.63) is 53.6 Å². The zero-order valence-electron chi connectivity index (χ0n) is 9.51. The first-order valence-electron chi connectivity index (χ1n) is 5.30. The zero-order chi connectivity index (χ0) is 12.1. The highest BCUT2D eigenvalue weighted by atomic mass is 15.0. The molecule has 17 heavy (non-hydrogen) atoms. The predicted octanol–water partition coefficient (Wildman–Crippen LogP) is 2.27. The van der Waals surface area contributed by atoms with Gasteiger partial charge < -0.3 is 5.32 Å². The van der Waals surface area contributed by atoms with Crippen LogP contribution in [0.2, 0.25) is 0 Å². The van der Waals surface area contributed by atoms with Gasteiger partial charge in [-0.3, -0.25) is 0 Å². The first kappa shape index (κ1) is 11.1. The van der Waals surface area contributed by atoms with Gasteiger partial charge in [-0.25, -0.2) is 9.97 Å². The molecule has 0 atom stereocenters. The van der Waals surface area contributed by atoms with Crippen molar-refractivity contribution < 1.29 is 0 Å². The molecule has 4 heteroatoms. The van der Waals surface area contributed by atoms with Gasteiger partial charge in [-0.1, -0.05) is 6.07 Å². The second-order valence-corrected chi connectivity index (χ2v) is 3.66. The molecular formula is C13H12N4. The SMILES string of the molecule is Cc1ccc(C#N)cc1NCc1ncccn1. The van der Waals surface area contributed by atoms with Crippen LogP contribution in [0.3, 0.4) is 0 Å². The van der Waals surface area contributed by atoms with Gasteiger partial charge in [0.15, 0.2) is 0 Å². The minimum Gasteiger partial charge on any atom is -0.377 e. The molecule has 1 aromatic heterocycles. The standard InChI is InChI=1S/C13H12N4/c1-10-3-4-11(8-14)7-12(10)17-9-13-15-5-2-6-16-13/h2-7,17H,9H2,1H3. The van der Waals surface area contributed by atoms with Gasteiger partial charge >= 0.3 is 0 Å². The van der Waals surface area contributed by atoms with Crippen LogP contribution < -0.4 is 5.32 Å². The Balaban J connectivity index is 2.12. The topological polar surface area (TPSA) is 61.6 Å². The average Bonchev–Trinajstić information content (AvgIpc) is 2.39. The normalized spacial score (nSPS) is 9.65. The summed E-state index contributed by atoms with van der Waals surface area (Å²) >= 11 is 0. The van der Waals surface area contributed by atoms with Gasteiger partial charge in [0.25, 0.3) is 0 Å². The summed E-state index contributed by atoms with van der Waals surface area (Å²) in [6.45, 7) is 2.55. The Labute approximate surface area is 100.0 Å². The van der Waals surface area contributed by atoms with Gasteiger partial charge in [0, 0.05) is 18.1 Å². The van der Waals surface area contributed by atoms with Gasteiger partial charge in [-0.2, -0.15) is 5.26 Å². The number of nitrogens with one attached hydrogen (secondary N) is 1. The fourth-order valence-corrected chi connectivity index (χ4v) is 1.48. The predicted molar refractivity (Wildman–Crippen MR) is 65.3 cm³/mol. The molecule has 0 aliphatic heterocycles. The Kier molecular flexibility index (Phi) is 3.31. The molecule has 0 spiro atoms. The molecule has 2 aromatic rings. The summed E-state index contributed by atoms with van der Waals surface area (Å²) in [6, 6.07) is 9.46. The molecule has 0 amide bonds. The monoisotopic (exact) mass is 224 g/mol. The summed E-state index contributed by atoms with van der Waals surface area (Å²) in [5.74, 6) is 0.731. The maximum Gasteiger partial charge on any atom is 0.147 e. The minimum atomic E-state index is 0.552. The van der Waals surface area contributed by atoms with Crippen LogP contribution in [0.4, 0.5) is 5.69 Å². The van der Waals surface area contributed by atoms with Crippen LogP contribution in [0, 0.1) is 18.3 Å². The van der Waals surface area contributed by atoms with Gasteiger partial charge in [0.1, 0.15) is 5.82 Å². The fraction of sp³-hybridized carbons (Fsp3) is 0.154. The molecule has 2 rings (SSSR count). The number of hydrogen-bond donors (Lipinski definition) is 1. The Morgan fingerprint density at radius 1 is 1.29 bits per heavy atom. The summed E-state index contributed by atoms with van der Waals surface area (Å²) in [5, 5.41) is 12.1. The van der Waals surface area contributed by atoms with Crippen LogP contribution in [0.15, 0.2) is 36.7 Å². The molecule has 0 unspecified atom stereocenters. The highest BCUT2D eigenvalue weighted by Gasteiger charge is 2.01. The molecule has 0 aliphatic carbocycles. The van der Waals surface area contributed by atoms with Crippen LogP contribution in [0.5, 0.6) is 0 Å². The van der Waals surface area contributed by atoms with Crippen molar-refractivity contribution in [3.63, 3.8) is 0 Å². The van der Waals surface area contributed by atoms with Gasteiger partial charge in [-0.05, 0) is 30.7 Å². The molecule has 0 saturated carbocycles. The van der Waals surface area contributed by atoms with Crippen molar-refractivity contribution >= 4 is 5.69 Å². The lowest BCUT2D eigenvalue weighted by Gasteiger charge is -2.08. The second-order valence-electron chi connectivity index (χ2n) is 3.66. The van der Waals surface area contributed by atoms with E-state index >= 15 is 0 Å². The Bertz CT molecular complexity index is 543. The molecule has 0 radical (unpaired) electrons. The van der Waals surface area contributed by atoms with Crippen molar-refractivity contribution in [1.29, 1.82) is 5.26 Å². The van der Waals surface area contributed by atoms with Crippen LogP contribution in [0.1, 0.15) is 17.0 Å². The summed E-state index contributed by atoms with van der Waals surface area (Å²) < 4.78 is 0. The van der Waals surface area contributed by atoms with Crippen molar-refractivity contribution in [2.45, 2.75) is 13.5 Å². The molecule has 0 fully saturated rings. The molecular weight excluding hydrogens is 212 g/mol.